The van der Waals surface area contributed by atoms with Gasteiger partial charge >= 0.3 is 0 Å². The van der Waals surface area contributed by atoms with Crippen LogP contribution in [0.25, 0.3) is 0 Å². The van der Waals surface area contributed by atoms with Gasteiger partial charge < -0.3 is 0 Å². The maximum absolute atomic E-state index is 3.57. The van der Waals surface area contributed by atoms with Gasteiger partial charge in [0, 0.05) is 4.47 Å². The average molecular weight is 255 g/mol. The van der Waals surface area contributed by atoms with Crippen molar-refractivity contribution in [3.05, 3.63) is 33.8 Å². The number of halogens is 1. The molecule has 0 amide bonds. The van der Waals surface area contributed by atoms with Gasteiger partial charge in [0.25, 0.3) is 0 Å². The third-order valence-corrected chi connectivity index (χ3v) is 3.41. The molecule has 0 unspecified atom stereocenters. The normalized spacial score (nSPS) is 10.5. The third kappa shape index (κ3) is 3.83. The lowest BCUT2D eigenvalue weighted by atomic mass is 10.1. The highest BCUT2D eigenvalue weighted by atomic mass is 79.9. The predicted octanol–water partition coefficient (Wildman–Crippen LogP) is 4.88. The molecule has 0 N–H and O–H groups in total. The Morgan fingerprint density at radius 3 is 2.57 bits per heavy atom. The van der Waals surface area contributed by atoms with Crippen molar-refractivity contribution in [2.45, 2.75) is 46.0 Å². The summed E-state index contributed by atoms with van der Waals surface area (Å²) in [6.07, 6.45) is 6.59. The van der Waals surface area contributed by atoms with Crippen LogP contribution in [0.15, 0.2) is 22.7 Å². The monoisotopic (exact) mass is 254 g/mol. The standard InChI is InChI=1S/C13H19Br/c1-3-4-5-6-7-12-9-8-11(2)13(14)10-12/h8-10H,3-7H2,1-2H3. The second-order valence-corrected chi connectivity index (χ2v) is 4.75. The smallest absolute Gasteiger partial charge is 0.0207 e. The Morgan fingerprint density at radius 2 is 1.93 bits per heavy atom. The van der Waals surface area contributed by atoms with Crippen LogP contribution < -0.4 is 0 Å². The summed E-state index contributed by atoms with van der Waals surface area (Å²) in [4.78, 5) is 0. The van der Waals surface area contributed by atoms with Crippen molar-refractivity contribution in [1.29, 1.82) is 0 Å². The molecule has 0 bridgehead atoms. The summed E-state index contributed by atoms with van der Waals surface area (Å²) in [5.41, 5.74) is 2.78. The summed E-state index contributed by atoms with van der Waals surface area (Å²) in [5, 5.41) is 0. The molecule has 1 aromatic rings. The SMILES string of the molecule is CCCCCCc1ccc(C)c(Br)c1. The Kier molecular flexibility index (Phi) is 5.24. The first kappa shape index (κ1) is 11.8. The molecule has 1 rings (SSSR count). The molecule has 0 saturated heterocycles. The van der Waals surface area contributed by atoms with Gasteiger partial charge in [0.15, 0.2) is 0 Å². The summed E-state index contributed by atoms with van der Waals surface area (Å²) in [6, 6.07) is 6.69. The highest BCUT2D eigenvalue weighted by Gasteiger charge is 1.97. The number of aryl methyl sites for hydroxylation is 2. The first-order valence-corrected chi connectivity index (χ1v) is 6.28. The van der Waals surface area contributed by atoms with Crippen molar-refractivity contribution in [3.8, 4) is 0 Å². The number of benzene rings is 1. The van der Waals surface area contributed by atoms with Crippen molar-refractivity contribution in [1.82, 2.24) is 0 Å². The topological polar surface area (TPSA) is 0 Å². The van der Waals surface area contributed by atoms with Crippen molar-refractivity contribution in [2.24, 2.45) is 0 Å². The van der Waals surface area contributed by atoms with Crippen LogP contribution in [-0.2, 0) is 6.42 Å². The van der Waals surface area contributed by atoms with Crippen LogP contribution >= 0.6 is 15.9 Å². The predicted molar refractivity (Wildman–Crippen MR) is 66.7 cm³/mol. The first-order chi connectivity index (χ1) is 6.74. The maximum Gasteiger partial charge on any atom is 0.0207 e. The third-order valence-electron chi connectivity index (χ3n) is 2.56. The molecular weight excluding hydrogens is 236 g/mol. The van der Waals surface area contributed by atoms with Crippen LogP contribution in [0, 0.1) is 6.92 Å². The summed E-state index contributed by atoms with van der Waals surface area (Å²) >= 11 is 3.57. The molecule has 0 aromatic heterocycles. The van der Waals surface area contributed by atoms with Gasteiger partial charge in [-0.15, -0.1) is 0 Å². The van der Waals surface area contributed by atoms with Gasteiger partial charge in [0.1, 0.15) is 0 Å². The van der Waals surface area contributed by atoms with E-state index >= 15 is 0 Å². The van der Waals surface area contributed by atoms with E-state index in [4.69, 9.17) is 0 Å². The van der Waals surface area contributed by atoms with Gasteiger partial charge in [-0.2, -0.15) is 0 Å². The van der Waals surface area contributed by atoms with E-state index in [1.807, 2.05) is 0 Å². The first-order valence-electron chi connectivity index (χ1n) is 5.49. The second-order valence-electron chi connectivity index (χ2n) is 3.89. The number of unbranched alkanes of at least 4 members (excludes halogenated alkanes) is 3. The molecule has 0 radical (unpaired) electrons. The van der Waals surface area contributed by atoms with Crippen LogP contribution in [0.4, 0.5) is 0 Å². The molecule has 0 nitrogen and oxygen atoms in total. The molecule has 0 saturated carbocycles. The summed E-state index contributed by atoms with van der Waals surface area (Å²) in [5.74, 6) is 0. The Morgan fingerprint density at radius 1 is 1.14 bits per heavy atom. The van der Waals surface area contributed by atoms with Gasteiger partial charge in [-0.05, 0) is 37.0 Å². The average Bonchev–Trinajstić information content (AvgIpc) is 2.18. The molecule has 1 heteroatoms. The van der Waals surface area contributed by atoms with Crippen LogP contribution in [0.3, 0.4) is 0 Å². The van der Waals surface area contributed by atoms with Gasteiger partial charge in [-0.3, -0.25) is 0 Å². The minimum absolute atomic E-state index is 1.22. The van der Waals surface area contributed by atoms with Gasteiger partial charge in [-0.1, -0.05) is 54.2 Å². The van der Waals surface area contributed by atoms with Gasteiger partial charge in [0.2, 0.25) is 0 Å². The highest BCUT2D eigenvalue weighted by molar-refractivity contribution is 9.10. The Balaban J connectivity index is 2.39. The zero-order valence-corrected chi connectivity index (χ0v) is 10.7. The van der Waals surface area contributed by atoms with E-state index in [2.05, 4.69) is 48.0 Å². The van der Waals surface area contributed by atoms with E-state index < -0.39 is 0 Å². The van der Waals surface area contributed by atoms with Crippen molar-refractivity contribution >= 4 is 15.9 Å². The van der Waals surface area contributed by atoms with E-state index in [1.165, 1.54) is 47.7 Å². The van der Waals surface area contributed by atoms with Crippen molar-refractivity contribution < 1.29 is 0 Å². The Bertz CT molecular complexity index is 279. The van der Waals surface area contributed by atoms with E-state index in [-0.39, 0.29) is 0 Å². The van der Waals surface area contributed by atoms with Crippen LogP contribution in [0.1, 0.15) is 43.7 Å². The zero-order valence-electron chi connectivity index (χ0n) is 9.15. The largest absolute Gasteiger partial charge is 0.0654 e. The fourth-order valence-electron chi connectivity index (χ4n) is 1.55. The second kappa shape index (κ2) is 6.23. The van der Waals surface area contributed by atoms with E-state index in [9.17, 15) is 0 Å². The minimum atomic E-state index is 1.22. The number of hydrogen-bond donors (Lipinski definition) is 0. The van der Waals surface area contributed by atoms with Gasteiger partial charge in [0.05, 0.1) is 0 Å². The van der Waals surface area contributed by atoms with Crippen LogP contribution in [-0.4, -0.2) is 0 Å². The molecule has 0 heterocycles. The van der Waals surface area contributed by atoms with Crippen LogP contribution in [0.2, 0.25) is 0 Å². The summed E-state index contributed by atoms with van der Waals surface area (Å²) in [7, 11) is 0. The molecule has 1 aromatic carbocycles. The van der Waals surface area contributed by atoms with Gasteiger partial charge in [-0.25, -0.2) is 0 Å². The molecule has 0 aliphatic heterocycles. The molecular formula is C13H19Br. The van der Waals surface area contributed by atoms with Crippen LogP contribution in [0.5, 0.6) is 0 Å². The number of hydrogen-bond acceptors (Lipinski definition) is 0. The molecule has 0 aliphatic carbocycles. The van der Waals surface area contributed by atoms with Crippen molar-refractivity contribution in [2.75, 3.05) is 0 Å². The number of rotatable bonds is 5. The Hall–Kier alpha value is -0.300. The molecule has 0 aliphatic rings. The lowest BCUT2D eigenvalue weighted by Gasteiger charge is -2.03. The quantitative estimate of drug-likeness (QED) is 0.658. The molecule has 78 valence electrons. The molecule has 0 spiro atoms. The Labute approximate surface area is 95.9 Å². The van der Waals surface area contributed by atoms with E-state index in [0.29, 0.717) is 0 Å². The van der Waals surface area contributed by atoms with E-state index in [0.717, 1.165) is 0 Å². The summed E-state index contributed by atoms with van der Waals surface area (Å²) < 4.78 is 1.24. The van der Waals surface area contributed by atoms with Crippen molar-refractivity contribution in [3.63, 3.8) is 0 Å². The fraction of sp³-hybridized carbons (Fsp3) is 0.538. The molecule has 0 atom stereocenters. The molecule has 0 fully saturated rings. The highest BCUT2D eigenvalue weighted by Crippen LogP contribution is 2.18. The lowest BCUT2D eigenvalue weighted by Crippen LogP contribution is -1.87. The fourth-order valence-corrected chi connectivity index (χ4v) is 1.97. The lowest BCUT2D eigenvalue weighted by molar-refractivity contribution is 0.666. The van der Waals surface area contributed by atoms with E-state index in [1.54, 1.807) is 0 Å². The minimum Gasteiger partial charge on any atom is -0.0654 e. The summed E-state index contributed by atoms with van der Waals surface area (Å²) in [6.45, 7) is 4.38. The zero-order chi connectivity index (χ0) is 10.4. The maximum atomic E-state index is 3.57. The molecule has 14 heavy (non-hydrogen) atoms.